The maximum absolute atomic E-state index is 12.6. The number of benzene rings is 1. The van der Waals surface area contributed by atoms with E-state index >= 15 is 0 Å². The number of anilines is 1. The van der Waals surface area contributed by atoms with E-state index in [1.54, 1.807) is 6.07 Å². The van der Waals surface area contributed by atoms with Gasteiger partial charge in [0.2, 0.25) is 15.9 Å². The summed E-state index contributed by atoms with van der Waals surface area (Å²) in [5, 5.41) is 2.82. The molecule has 8 heteroatoms. The maximum atomic E-state index is 12.6. The van der Waals surface area contributed by atoms with Crippen molar-refractivity contribution in [2.45, 2.75) is 24.3 Å². The molecular weight excluding hydrogens is 302 g/mol. The number of sulfonamides is 1. The quantitative estimate of drug-likeness (QED) is 0.807. The van der Waals surface area contributed by atoms with E-state index in [2.05, 4.69) is 5.32 Å². The number of halogens is 1. The number of nitrogen functional groups attached to an aromatic ring is 1. The molecule has 6 nitrogen and oxygen atoms in total. The normalized spacial score (nSPS) is 20.0. The summed E-state index contributed by atoms with van der Waals surface area (Å²) in [4.78, 5) is 10.9. The van der Waals surface area contributed by atoms with Gasteiger partial charge in [0.25, 0.3) is 0 Å². The number of nitrogens with one attached hydrogen (secondary N) is 1. The van der Waals surface area contributed by atoms with Gasteiger partial charge >= 0.3 is 0 Å². The minimum absolute atomic E-state index is 0.0647. The van der Waals surface area contributed by atoms with Crippen molar-refractivity contribution >= 4 is 33.2 Å². The van der Waals surface area contributed by atoms with Crippen molar-refractivity contribution in [3.05, 3.63) is 23.2 Å². The summed E-state index contributed by atoms with van der Waals surface area (Å²) >= 11 is 5.96. The molecule has 0 aromatic heterocycles. The van der Waals surface area contributed by atoms with Crippen LogP contribution >= 0.6 is 11.6 Å². The highest BCUT2D eigenvalue weighted by molar-refractivity contribution is 7.89. The number of hydrogen-bond donors (Lipinski definition) is 2. The first-order chi connectivity index (χ1) is 9.32. The van der Waals surface area contributed by atoms with Crippen LogP contribution < -0.4 is 11.1 Å². The molecule has 0 spiro atoms. The zero-order chi connectivity index (χ0) is 14.9. The van der Waals surface area contributed by atoms with Crippen LogP contribution in [0.15, 0.2) is 23.1 Å². The molecule has 1 aliphatic rings. The molecule has 2 rings (SSSR count). The average molecular weight is 318 g/mol. The fourth-order valence-corrected chi connectivity index (χ4v) is 4.41. The first-order valence-corrected chi connectivity index (χ1v) is 7.95. The number of nitrogens with zero attached hydrogens (tertiary/aromatic N) is 1. The lowest BCUT2D eigenvalue weighted by Crippen LogP contribution is -2.37. The minimum Gasteiger partial charge on any atom is -0.398 e. The Hall–Kier alpha value is -1.31. The summed E-state index contributed by atoms with van der Waals surface area (Å²) < 4.78 is 26.4. The van der Waals surface area contributed by atoms with Gasteiger partial charge in [0.05, 0.1) is 10.7 Å². The maximum Gasteiger partial charge on any atom is 0.246 e. The largest absolute Gasteiger partial charge is 0.398 e. The predicted molar refractivity (Wildman–Crippen MR) is 76.8 cm³/mol. The second kappa shape index (κ2) is 5.59. The highest BCUT2D eigenvalue weighted by atomic mass is 35.5. The number of carbonyl (C=O) groups is 1. The Morgan fingerprint density at radius 3 is 2.80 bits per heavy atom. The van der Waals surface area contributed by atoms with Crippen molar-refractivity contribution in [3.63, 3.8) is 0 Å². The fourth-order valence-electron chi connectivity index (χ4n) is 2.28. The van der Waals surface area contributed by atoms with Crippen molar-refractivity contribution in [1.29, 1.82) is 0 Å². The van der Waals surface area contributed by atoms with Gasteiger partial charge in [-0.15, -0.1) is 0 Å². The molecule has 1 unspecified atom stereocenters. The lowest BCUT2D eigenvalue weighted by atomic mass is 10.3. The van der Waals surface area contributed by atoms with Gasteiger partial charge in [-0.2, -0.15) is 4.31 Å². The lowest BCUT2D eigenvalue weighted by molar-refractivity contribution is -0.119. The molecule has 1 amide bonds. The van der Waals surface area contributed by atoms with E-state index in [1.165, 1.54) is 23.4 Å². The van der Waals surface area contributed by atoms with Gasteiger partial charge in [0.15, 0.2) is 0 Å². The van der Waals surface area contributed by atoms with E-state index in [0.717, 1.165) is 0 Å². The van der Waals surface area contributed by atoms with E-state index in [1.807, 2.05) is 0 Å². The van der Waals surface area contributed by atoms with Crippen molar-refractivity contribution in [3.8, 4) is 0 Å². The number of rotatable bonds is 3. The summed E-state index contributed by atoms with van der Waals surface area (Å²) in [5.41, 5.74) is 5.86. The van der Waals surface area contributed by atoms with Crippen LogP contribution in [0.1, 0.15) is 13.3 Å². The van der Waals surface area contributed by atoms with Crippen LogP contribution in [0.25, 0.3) is 0 Å². The molecule has 20 heavy (non-hydrogen) atoms. The van der Waals surface area contributed by atoms with Gasteiger partial charge in [-0.25, -0.2) is 8.42 Å². The Morgan fingerprint density at radius 2 is 2.20 bits per heavy atom. The second-order valence-electron chi connectivity index (χ2n) is 4.71. The van der Waals surface area contributed by atoms with Crippen molar-refractivity contribution in [2.24, 2.45) is 0 Å². The molecule has 1 heterocycles. The van der Waals surface area contributed by atoms with Crippen molar-refractivity contribution in [1.82, 2.24) is 9.62 Å². The standard InChI is InChI=1S/C12H16ClN3O3S/c1-8(17)15-9-5-6-16(7-9)20(18,19)12-10(13)3-2-4-11(12)14/h2-4,9H,5-7,14H2,1H3,(H,15,17). The van der Waals surface area contributed by atoms with Gasteiger partial charge in [0, 0.05) is 26.1 Å². The van der Waals surface area contributed by atoms with Crippen LogP contribution in [-0.4, -0.2) is 37.8 Å². The smallest absolute Gasteiger partial charge is 0.246 e. The van der Waals surface area contributed by atoms with Crippen molar-refractivity contribution in [2.75, 3.05) is 18.8 Å². The Balaban J connectivity index is 2.26. The van der Waals surface area contributed by atoms with Gasteiger partial charge < -0.3 is 11.1 Å². The summed E-state index contributed by atoms with van der Waals surface area (Å²) in [6.07, 6.45) is 0.573. The molecule has 0 aliphatic carbocycles. The Morgan fingerprint density at radius 1 is 1.50 bits per heavy atom. The molecule has 0 radical (unpaired) electrons. The SMILES string of the molecule is CC(=O)NC1CCN(S(=O)(=O)c2c(N)cccc2Cl)C1. The summed E-state index contributed by atoms with van der Waals surface area (Å²) in [7, 11) is -3.74. The molecule has 110 valence electrons. The highest BCUT2D eigenvalue weighted by Gasteiger charge is 2.35. The number of nitrogens with two attached hydrogens (primary N) is 1. The van der Waals surface area contributed by atoms with Gasteiger partial charge in [-0.05, 0) is 18.6 Å². The van der Waals surface area contributed by atoms with Gasteiger partial charge in [-0.3, -0.25) is 4.79 Å². The van der Waals surface area contributed by atoms with E-state index in [-0.39, 0.29) is 34.1 Å². The molecule has 0 bridgehead atoms. The van der Waals surface area contributed by atoms with Gasteiger partial charge in [-0.1, -0.05) is 17.7 Å². The predicted octanol–water partition coefficient (Wildman–Crippen LogP) is 0.821. The zero-order valence-electron chi connectivity index (χ0n) is 11.0. The summed E-state index contributed by atoms with van der Waals surface area (Å²) in [5.74, 6) is -0.175. The van der Waals surface area contributed by atoms with Gasteiger partial charge in [0.1, 0.15) is 4.90 Å². The lowest BCUT2D eigenvalue weighted by Gasteiger charge is -2.18. The number of amides is 1. The van der Waals surface area contributed by atoms with E-state index in [9.17, 15) is 13.2 Å². The third-order valence-corrected chi connectivity index (χ3v) is 5.56. The molecule has 1 atom stereocenters. The molecular formula is C12H16ClN3O3S. The van der Waals surface area contributed by atoms with Crippen molar-refractivity contribution < 1.29 is 13.2 Å². The average Bonchev–Trinajstić information content (AvgIpc) is 2.76. The topological polar surface area (TPSA) is 92.5 Å². The zero-order valence-corrected chi connectivity index (χ0v) is 12.5. The Labute approximate surface area is 122 Å². The Kier molecular flexibility index (Phi) is 4.22. The fraction of sp³-hybridized carbons (Fsp3) is 0.417. The number of carbonyl (C=O) groups excluding carboxylic acids is 1. The molecule has 1 aromatic carbocycles. The first-order valence-electron chi connectivity index (χ1n) is 6.13. The van der Waals surface area contributed by atoms with E-state index in [0.29, 0.717) is 13.0 Å². The molecule has 1 saturated heterocycles. The monoisotopic (exact) mass is 317 g/mol. The molecule has 1 aliphatic heterocycles. The molecule has 1 aromatic rings. The Bertz CT molecular complexity index is 613. The number of hydrogen-bond acceptors (Lipinski definition) is 4. The third-order valence-electron chi connectivity index (χ3n) is 3.15. The first kappa shape index (κ1) is 15.1. The third kappa shape index (κ3) is 2.89. The minimum atomic E-state index is -3.74. The summed E-state index contributed by atoms with van der Waals surface area (Å²) in [6, 6.07) is 4.42. The van der Waals surface area contributed by atoms with Crippen LogP contribution in [0.3, 0.4) is 0 Å². The summed E-state index contributed by atoms with van der Waals surface area (Å²) in [6.45, 7) is 1.97. The molecule has 1 fully saturated rings. The van der Waals surface area contributed by atoms with Crippen LogP contribution in [0.2, 0.25) is 5.02 Å². The molecule has 0 saturated carbocycles. The van der Waals surface area contributed by atoms with E-state index < -0.39 is 10.0 Å². The highest BCUT2D eigenvalue weighted by Crippen LogP contribution is 2.31. The second-order valence-corrected chi connectivity index (χ2v) is 6.99. The molecule has 3 N–H and O–H groups in total. The van der Waals surface area contributed by atoms with Crippen LogP contribution in [0, 0.1) is 0 Å². The van der Waals surface area contributed by atoms with Crippen LogP contribution in [0.5, 0.6) is 0 Å². The van der Waals surface area contributed by atoms with Crippen LogP contribution in [0.4, 0.5) is 5.69 Å². The van der Waals surface area contributed by atoms with Crippen LogP contribution in [-0.2, 0) is 14.8 Å². The van der Waals surface area contributed by atoms with E-state index in [4.69, 9.17) is 17.3 Å².